The van der Waals surface area contributed by atoms with Gasteiger partial charge in [-0.25, -0.2) is 8.42 Å². The minimum absolute atomic E-state index is 0.254. The summed E-state index contributed by atoms with van der Waals surface area (Å²) in [6.07, 6.45) is 0. The first-order valence-corrected chi connectivity index (χ1v) is 10.1. The Kier molecular flexibility index (Phi) is 6.04. The second-order valence-electron chi connectivity index (χ2n) is 6.13. The van der Waals surface area contributed by atoms with E-state index in [9.17, 15) is 18.5 Å². The number of nitro groups is 1. The molecule has 0 aliphatic carbocycles. The highest BCUT2D eigenvalue weighted by Crippen LogP contribution is 2.26. The summed E-state index contributed by atoms with van der Waals surface area (Å²) in [5.74, 6) is 0.801. The fourth-order valence-electron chi connectivity index (χ4n) is 2.97. The van der Waals surface area contributed by atoms with Crippen molar-refractivity contribution in [3.8, 4) is 5.75 Å². The van der Waals surface area contributed by atoms with E-state index in [1.807, 2.05) is 30.3 Å². The summed E-state index contributed by atoms with van der Waals surface area (Å²) in [7, 11) is -3.89. The predicted octanol–water partition coefficient (Wildman–Crippen LogP) is 1.98. The van der Waals surface area contributed by atoms with Gasteiger partial charge in [-0.05, 0) is 18.2 Å². The lowest BCUT2D eigenvalue weighted by Gasteiger charge is -2.33. The van der Waals surface area contributed by atoms with Crippen molar-refractivity contribution in [2.75, 3.05) is 39.3 Å². The van der Waals surface area contributed by atoms with Gasteiger partial charge in [-0.2, -0.15) is 4.31 Å². The molecule has 1 fully saturated rings. The first-order valence-electron chi connectivity index (χ1n) is 8.62. The molecule has 3 rings (SSSR count). The largest absolute Gasteiger partial charge is 0.492 e. The van der Waals surface area contributed by atoms with Gasteiger partial charge in [0.2, 0.25) is 10.0 Å². The van der Waals surface area contributed by atoms with Crippen molar-refractivity contribution in [2.45, 2.75) is 4.90 Å². The number of hydrogen-bond acceptors (Lipinski definition) is 6. The zero-order chi connectivity index (χ0) is 19.3. The molecule has 0 atom stereocenters. The zero-order valence-electron chi connectivity index (χ0n) is 14.7. The molecule has 2 aromatic rings. The molecule has 0 bridgehead atoms. The molecular formula is C18H21N3O5S. The van der Waals surface area contributed by atoms with Gasteiger partial charge in [-0.15, -0.1) is 0 Å². The summed E-state index contributed by atoms with van der Waals surface area (Å²) in [5, 5.41) is 11.1. The van der Waals surface area contributed by atoms with Crippen LogP contribution in [0.25, 0.3) is 0 Å². The number of para-hydroxylation sites is 2. The fraction of sp³-hybridized carbons (Fsp3) is 0.333. The Morgan fingerprint density at radius 3 is 2.26 bits per heavy atom. The van der Waals surface area contributed by atoms with Crippen molar-refractivity contribution in [1.29, 1.82) is 0 Å². The summed E-state index contributed by atoms with van der Waals surface area (Å²) < 4.78 is 32.6. The molecule has 0 unspecified atom stereocenters. The Hall–Kier alpha value is -2.49. The summed E-state index contributed by atoms with van der Waals surface area (Å²) in [6.45, 7) is 2.89. The smallest absolute Gasteiger partial charge is 0.289 e. The molecule has 8 nitrogen and oxygen atoms in total. The summed E-state index contributed by atoms with van der Waals surface area (Å²) in [5.41, 5.74) is -0.392. The Morgan fingerprint density at radius 1 is 0.963 bits per heavy atom. The van der Waals surface area contributed by atoms with Gasteiger partial charge in [0, 0.05) is 38.8 Å². The highest BCUT2D eigenvalue weighted by molar-refractivity contribution is 7.89. The average Bonchev–Trinajstić information content (AvgIpc) is 2.69. The minimum Gasteiger partial charge on any atom is -0.492 e. The Balaban J connectivity index is 1.56. The monoisotopic (exact) mass is 391 g/mol. The maximum atomic E-state index is 12.8. The van der Waals surface area contributed by atoms with Gasteiger partial charge >= 0.3 is 0 Å². The first-order chi connectivity index (χ1) is 13.0. The number of hydrogen-bond donors (Lipinski definition) is 0. The van der Waals surface area contributed by atoms with Gasteiger partial charge in [-0.1, -0.05) is 30.3 Å². The number of sulfonamides is 1. The van der Waals surface area contributed by atoms with Gasteiger partial charge in [-0.3, -0.25) is 15.0 Å². The molecule has 0 saturated carbocycles. The lowest BCUT2D eigenvalue weighted by molar-refractivity contribution is -0.387. The van der Waals surface area contributed by atoms with E-state index >= 15 is 0 Å². The molecule has 0 radical (unpaired) electrons. The number of nitrogens with zero attached hydrogens (tertiary/aromatic N) is 3. The third kappa shape index (κ3) is 4.62. The van der Waals surface area contributed by atoms with Crippen LogP contribution in [0.3, 0.4) is 0 Å². The predicted molar refractivity (Wildman–Crippen MR) is 100 cm³/mol. The molecule has 1 aliphatic heterocycles. The van der Waals surface area contributed by atoms with E-state index < -0.39 is 20.6 Å². The molecule has 0 aromatic heterocycles. The van der Waals surface area contributed by atoms with Crippen LogP contribution in [0.5, 0.6) is 5.75 Å². The second kappa shape index (κ2) is 8.47. The zero-order valence-corrected chi connectivity index (χ0v) is 15.5. The number of nitro benzene ring substituents is 1. The van der Waals surface area contributed by atoms with Crippen LogP contribution >= 0.6 is 0 Å². The van der Waals surface area contributed by atoms with Crippen LogP contribution in [-0.2, 0) is 10.0 Å². The molecule has 2 aromatic carbocycles. The van der Waals surface area contributed by atoms with Gasteiger partial charge in [0.05, 0.1) is 4.92 Å². The molecule has 1 aliphatic rings. The van der Waals surface area contributed by atoms with E-state index in [1.54, 1.807) is 0 Å². The van der Waals surface area contributed by atoms with Crippen molar-refractivity contribution < 1.29 is 18.1 Å². The third-order valence-electron chi connectivity index (χ3n) is 4.43. The fourth-order valence-corrected chi connectivity index (χ4v) is 4.55. The lowest BCUT2D eigenvalue weighted by atomic mass is 10.3. The third-order valence-corrected chi connectivity index (χ3v) is 6.38. The van der Waals surface area contributed by atoms with E-state index in [4.69, 9.17) is 4.74 Å². The number of benzene rings is 2. The highest BCUT2D eigenvalue weighted by Gasteiger charge is 2.33. The maximum absolute atomic E-state index is 12.8. The molecule has 0 N–H and O–H groups in total. The molecule has 9 heteroatoms. The molecule has 1 saturated heterocycles. The Bertz CT molecular complexity index is 881. The maximum Gasteiger partial charge on any atom is 0.289 e. The SMILES string of the molecule is O=[N+]([O-])c1ccccc1S(=O)(=O)N1CCN(CCOc2ccccc2)CC1. The summed E-state index contributed by atoms with van der Waals surface area (Å²) >= 11 is 0. The number of rotatable bonds is 7. The molecule has 27 heavy (non-hydrogen) atoms. The van der Waals surface area contributed by atoms with Gasteiger partial charge in [0.15, 0.2) is 4.90 Å². The minimum atomic E-state index is -3.89. The molecule has 0 amide bonds. The van der Waals surface area contributed by atoms with E-state index in [1.165, 1.54) is 28.6 Å². The molecule has 1 heterocycles. The van der Waals surface area contributed by atoms with Crippen LogP contribution in [0.4, 0.5) is 5.69 Å². The normalized spacial score (nSPS) is 16.1. The summed E-state index contributed by atoms with van der Waals surface area (Å²) in [6, 6.07) is 15.0. The van der Waals surface area contributed by atoms with Crippen molar-refractivity contribution in [3.05, 3.63) is 64.7 Å². The van der Waals surface area contributed by atoms with Crippen LogP contribution in [0, 0.1) is 10.1 Å². The van der Waals surface area contributed by atoms with Crippen LogP contribution in [0.1, 0.15) is 0 Å². The topological polar surface area (TPSA) is 93.0 Å². The van der Waals surface area contributed by atoms with Crippen LogP contribution in [-0.4, -0.2) is 61.9 Å². The van der Waals surface area contributed by atoms with Gasteiger partial charge in [0.25, 0.3) is 5.69 Å². The highest BCUT2D eigenvalue weighted by atomic mass is 32.2. The summed E-state index contributed by atoms with van der Waals surface area (Å²) in [4.78, 5) is 12.3. The van der Waals surface area contributed by atoms with Crippen LogP contribution in [0.15, 0.2) is 59.5 Å². The van der Waals surface area contributed by atoms with Crippen molar-refractivity contribution in [3.63, 3.8) is 0 Å². The number of piperazine rings is 1. The first kappa shape index (κ1) is 19.3. The van der Waals surface area contributed by atoms with Crippen LogP contribution < -0.4 is 4.74 Å². The Morgan fingerprint density at radius 2 is 1.59 bits per heavy atom. The van der Waals surface area contributed by atoms with E-state index in [2.05, 4.69) is 4.90 Å². The second-order valence-corrected chi connectivity index (χ2v) is 8.04. The van der Waals surface area contributed by atoms with Gasteiger partial charge < -0.3 is 4.74 Å². The molecular weight excluding hydrogens is 370 g/mol. The van der Waals surface area contributed by atoms with E-state index in [-0.39, 0.29) is 4.90 Å². The number of ether oxygens (including phenoxy) is 1. The molecule has 0 spiro atoms. The quantitative estimate of drug-likeness (QED) is 0.529. The van der Waals surface area contributed by atoms with Gasteiger partial charge in [0.1, 0.15) is 12.4 Å². The van der Waals surface area contributed by atoms with Crippen LogP contribution in [0.2, 0.25) is 0 Å². The Labute approximate surface area is 158 Å². The van der Waals surface area contributed by atoms with E-state index in [0.29, 0.717) is 39.3 Å². The van der Waals surface area contributed by atoms with Crippen molar-refractivity contribution in [2.24, 2.45) is 0 Å². The van der Waals surface area contributed by atoms with Crippen molar-refractivity contribution >= 4 is 15.7 Å². The standard InChI is InChI=1S/C18H21N3O5S/c22-21(23)17-8-4-5-9-18(17)27(24,25)20-12-10-19(11-13-20)14-15-26-16-6-2-1-3-7-16/h1-9H,10-15H2. The molecule has 144 valence electrons. The van der Waals surface area contributed by atoms with E-state index in [0.717, 1.165) is 5.75 Å². The average molecular weight is 391 g/mol. The lowest BCUT2D eigenvalue weighted by Crippen LogP contribution is -2.49. The van der Waals surface area contributed by atoms with Crippen molar-refractivity contribution in [1.82, 2.24) is 9.21 Å².